The molecule has 13 nitrogen and oxygen atoms in total. The SMILES string of the molecule is CN(CCN1CCc2ccccc2C1)C(=O)NCc1nc(NCC(c2ccccc2)c2ccccc2)c2ncn([C@@H]3O[C@H](CO)[C@@H](O)[C@H]3O)c2n1. The van der Waals surface area contributed by atoms with Crippen LogP contribution < -0.4 is 10.6 Å². The number of aliphatic hydroxyl groups excluding tert-OH is 3. The van der Waals surface area contributed by atoms with E-state index in [9.17, 15) is 20.1 Å². The van der Waals surface area contributed by atoms with Gasteiger partial charge in [0.25, 0.3) is 0 Å². The number of urea groups is 1. The summed E-state index contributed by atoms with van der Waals surface area (Å²) in [7, 11) is 1.77. The minimum Gasteiger partial charge on any atom is -0.394 e. The summed E-state index contributed by atoms with van der Waals surface area (Å²) in [5, 5.41) is 37.4. The third-order valence-electron chi connectivity index (χ3n) is 9.84. The lowest BCUT2D eigenvalue weighted by atomic mass is 9.91. The van der Waals surface area contributed by atoms with Crippen LogP contribution in [0.1, 0.15) is 40.2 Å². The molecule has 2 amide bonds. The van der Waals surface area contributed by atoms with Gasteiger partial charge >= 0.3 is 6.03 Å². The first-order valence-electron chi connectivity index (χ1n) is 17.4. The summed E-state index contributed by atoms with van der Waals surface area (Å²) in [6, 6.07) is 28.6. The van der Waals surface area contributed by atoms with Crippen LogP contribution >= 0.6 is 0 Å². The van der Waals surface area contributed by atoms with Gasteiger partial charge in [0.05, 0.1) is 19.5 Å². The molecule has 0 saturated carbocycles. The molecule has 5 N–H and O–H groups in total. The highest BCUT2D eigenvalue weighted by molar-refractivity contribution is 5.83. The van der Waals surface area contributed by atoms with Crippen molar-refractivity contribution in [1.29, 1.82) is 0 Å². The van der Waals surface area contributed by atoms with Crippen LogP contribution in [-0.4, -0.2) is 109 Å². The molecule has 3 aromatic carbocycles. The molecule has 2 aliphatic heterocycles. The smallest absolute Gasteiger partial charge is 0.317 e. The molecule has 4 heterocycles. The van der Waals surface area contributed by atoms with Gasteiger partial charge in [-0.25, -0.2) is 19.7 Å². The van der Waals surface area contributed by atoms with E-state index in [0.717, 1.165) is 37.2 Å². The molecule has 1 fully saturated rings. The monoisotopic (exact) mass is 692 g/mol. The first-order valence-corrected chi connectivity index (χ1v) is 17.4. The van der Waals surface area contributed by atoms with Gasteiger partial charge in [0.2, 0.25) is 0 Å². The van der Waals surface area contributed by atoms with Crippen LogP contribution in [0.5, 0.6) is 0 Å². The average molecular weight is 693 g/mol. The summed E-state index contributed by atoms with van der Waals surface area (Å²) in [5.41, 5.74) is 5.76. The highest BCUT2D eigenvalue weighted by Gasteiger charge is 2.44. The second kappa shape index (κ2) is 15.5. The van der Waals surface area contributed by atoms with Gasteiger partial charge in [0.1, 0.15) is 18.3 Å². The van der Waals surface area contributed by atoms with Crippen LogP contribution in [0.15, 0.2) is 91.3 Å². The van der Waals surface area contributed by atoms with Gasteiger partial charge in [-0.3, -0.25) is 9.47 Å². The van der Waals surface area contributed by atoms with Gasteiger partial charge in [0.15, 0.2) is 29.0 Å². The van der Waals surface area contributed by atoms with E-state index in [1.807, 2.05) is 36.4 Å². The van der Waals surface area contributed by atoms with Crippen LogP contribution in [-0.2, 0) is 24.2 Å². The number of ether oxygens (including phenoxy) is 1. The Labute approximate surface area is 296 Å². The number of imidazole rings is 1. The number of nitrogens with zero attached hydrogens (tertiary/aromatic N) is 6. The number of aliphatic hydroxyl groups is 3. The summed E-state index contributed by atoms with van der Waals surface area (Å²) in [5.74, 6) is 0.763. The number of carbonyl (C=O) groups excluding carboxylic acids is 1. The van der Waals surface area contributed by atoms with Crippen LogP contribution in [0.4, 0.5) is 10.6 Å². The summed E-state index contributed by atoms with van der Waals surface area (Å²) in [6.45, 7) is 3.19. The molecule has 0 unspecified atom stereocenters. The first-order chi connectivity index (χ1) is 24.9. The number of nitrogens with one attached hydrogen (secondary N) is 2. The molecule has 4 atom stereocenters. The molecule has 7 rings (SSSR count). The zero-order valence-electron chi connectivity index (χ0n) is 28.5. The Morgan fingerprint density at radius 2 is 1.65 bits per heavy atom. The van der Waals surface area contributed by atoms with Crippen molar-refractivity contribution in [3.8, 4) is 0 Å². The van der Waals surface area contributed by atoms with Crippen molar-refractivity contribution in [2.24, 2.45) is 0 Å². The van der Waals surface area contributed by atoms with E-state index in [2.05, 4.69) is 69.0 Å². The summed E-state index contributed by atoms with van der Waals surface area (Å²) >= 11 is 0. The minimum atomic E-state index is -1.32. The van der Waals surface area contributed by atoms with Gasteiger partial charge < -0.3 is 35.6 Å². The molecule has 0 spiro atoms. The standard InChI is InChI=1S/C38H44N8O5/c1-44(18-19-45-17-16-25-10-8-9-15-28(25)22-45)38(50)40-21-31-42-35(39-20-29(26-11-4-2-5-12-26)27-13-6-3-7-14-27)32-36(43-31)46(24-41-32)37-34(49)33(48)30(23-47)51-37/h2-15,24,29-30,33-34,37,47-49H,16-23H2,1H3,(H,40,50)(H,39,42,43)/t30-,33-,34-,37-/m1/s1. The lowest BCUT2D eigenvalue weighted by Crippen LogP contribution is -2.42. The molecule has 13 heteroatoms. The number of likely N-dealkylation sites (N-methyl/N-ethyl adjacent to an activating group) is 1. The number of rotatable bonds is 12. The summed E-state index contributed by atoms with van der Waals surface area (Å²) in [4.78, 5) is 31.4. The fourth-order valence-corrected chi connectivity index (χ4v) is 6.89. The van der Waals surface area contributed by atoms with E-state index in [4.69, 9.17) is 14.7 Å². The molecule has 51 heavy (non-hydrogen) atoms. The maximum atomic E-state index is 13.2. The third kappa shape index (κ3) is 7.58. The normalized spacial score (nSPS) is 20.4. The quantitative estimate of drug-likeness (QED) is 0.132. The number of fused-ring (bicyclic) bond motifs is 2. The zero-order chi connectivity index (χ0) is 35.3. The predicted molar refractivity (Wildman–Crippen MR) is 192 cm³/mol. The molecule has 0 bridgehead atoms. The van der Waals surface area contributed by atoms with E-state index in [-0.39, 0.29) is 18.5 Å². The highest BCUT2D eigenvalue weighted by Crippen LogP contribution is 2.33. The number of anilines is 1. The summed E-state index contributed by atoms with van der Waals surface area (Å²) in [6.07, 6.45) is -2.14. The molecule has 0 radical (unpaired) electrons. The maximum Gasteiger partial charge on any atom is 0.317 e. The van der Waals surface area contributed by atoms with Crippen LogP contribution in [0, 0.1) is 0 Å². The molecule has 5 aromatic rings. The van der Waals surface area contributed by atoms with Crippen molar-refractivity contribution in [2.75, 3.05) is 45.2 Å². The van der Waals surface area contributed by atoms with Crippen molar-refractivity contribution >= 4 is 23.0 Å². The summed E-state index contributed by atoms with van der Waals surface area (Å²) < 4.78 is 7.35. The first kappa shape index (κ1) is 34.5. The molecule has 2 aromatic heterocycles. The van der Waals surface area contributed by atoms with Gasteiger partial charge in [-0.1, -0.05) is 84.9 Å². The lowest BCUT2D eigenvalue weighted by Gasteiger charge is -2.30. The van der Waals surface area contributed by atoms with Gasteiger partial charge in [-0.2, -0.15) is 0 Å². The van der Waals surface area contributed by atoms with Crippen molar-refractivity contribution in [3.05, 3.63) is 119 Å². The van der Waals surface area contributed by atoms with Crippen LogP contribution in [0.25, 0.3) is 11.2 Å². The largest absolute Gasteiger partial charge is 0.394 e. The Morgan fingerprint density at radius 3 is 2.33 bits per heavy atom. The Hall–Kier alpha value is -4.92. The maximum absolute atomic E-state index is 13.2. The highest BCUT2D eigenvalue weighted by atomic mass is 16.6. The Bertz CT molecular complexity index is 1890. The van der Waals surface area contributed by atoms with E-state index >= 15 is 0 Å². The topological polar surface area (TPSA) is 161 Å². The van der Waals surface area contributed by atoms with Gasteiger partial charge in [-0.15, -0.1) is 0 Å². The minimum absolute atomic E-state index is 0.00914. The third-order valence-corrected chi connectivity index (χ3v) is 9.84. The Balaban J connectivity index is 1.10. The number of amides is 2. The van der Waals surface area contributed by atoms with E-state index < -0.39 is 31.1 Å². The molecule has 1 saturated heterocycles. The molecule has 266 valence electrons. The van der Waals surface area contributed by atoms with Crippen LogP contribution in [0.2, 0.25) is 0 Å². The second-order valence-electron chi connectivity index (χ2n) is 13.2. The van der Waals surface area contributed by atoms with Crippen molar-refractivity contribution in [2.45, 2.75) is 50.0 Å². The number of benzene rings is 3. The van der Waals surface area contributed by atoms with Crippen molar-refractivity contribution < 1.29 is 24.9 Å². The van der Waals surface area contributed by atoms with E-state index in [0.29, 0.717) is 35.9 Å². The van der Waals surface area contributed by atoms with Gasteiger partial charge in [0, 0.05) is 45.7 Å². The van der Waals surface area contributed by atoms with E-state index in [1.165, 1.54) is 22.0 Å². The molecular formula is C38H44N8O5. The average Bonchev–Trinajstić information content (AvgIpc) is 3.72. The zero-order valence-corrected chi connectivity index (χ0v) is 28.5. The van der Waals surface area contributed by atoms with Crippen molar-refractivity contribution in [1.82, 2.24) is 34.6 Å². The second-order valence-corrected chi connectivity index (χ2v) is 13.2. The number of carbonyl (C=O) groups is 1. The van der Waals surface area contributed by atoms with Crippen LogP contribution in [0.3, 0.4) is 0 Å². The molecule has 2 aliphatic rings. The number of hydrogen-bond acceptors (Lipinski definition) is 10. The number of hydrogen-bond donors (Lipinski definition) is 5. The fraction of sp³-hybridized carbons (Fsp3) is 0.368. The fourth-order valence-electron chi connectivity index (χ4n) is 6.89. The number of aromatic nitrogens is 4. The van der Waals surface area contributed by atoms with E-state index in [1.54, 1.807) is 11.9 Å². The lowest BCUT2D eigenvalue weighted by molar-refractivity contribution is -0.0511. The van der Waals surface area contributed by atoms with Gasteiger partial charge in [-0.05, 0) is 28.7 Å². The Kier molecular flexibility index (Phi) is 10.5. The molecule has 0 aliphatic carbocycles. The van der Waals surface area contributed by atoms with Crippen molar-refractivity contribution in [3.63, 3.8) is 0 Å². The molecular weight excluding hydrogens is 648 g/mol. The predicted octanol–water partition coefficient (Wildman–Crippen LogP) is 2.88. The Morgan fingerprint density at radius 1 is 0.961 bits per heavy atom.